The number of fused-ring (bicyclic) bond motifs is 2. The Hall–Kier alpha value is -3.54. The maximum atomic E-state index is 12.6. The van der Waals surface area contributed by atoms with E-state index in [-0.39, 0.29) is 24.4 Å². The molecular formula is C22H20N4O2. The Labute approximate surface area is 162 Å². The lowest BCUT2D eigenvalue weighted by molar-refractivity contribution is -0.130. The van der Waals surface area contributed by atoms with E-state index >= 15 is 0 Å². The van der Waals surface area contributed by atoms with Crippen molar-refractivity contribution in [3.8, 4) is 0 Å². The molecule has 0 atom stereocenters. The standard InChI is InChI=1S/C22H20N4O2/c1-25(15-17-9-6-8-16-7-2-3-10-18(16)17)21(27)13-14-26-22(28)19-11-4-5-12-20(19)23-24-26/h2-12H,13-15H2,1H3. The lowest BCUT2D eigenvalue weighted by atomic mass is 10.0. The Morgan fingerprint density at radius 3 is 2.54 bits per heavy atom. The fourth-order valence-corrected chi connectivity index (χ4v) is 3.34. The molecule has 0 fully saturated rings. The first-order chi connectivity index (χ1) is 13.6. The maximum absolute atomic E-state index is 12.6. The fraction of sp³-hybridized carbons (Fsp3) is 0.182. The van der Waals surface area contributed by atoms with Gasteiger partial charge in [-0.15, -0.1) is 5.10 Å². The van der Waals surface area contributed by atoms with Crippen molar-refractivity contribution in [1.82, 2.24) is 19.9 Å². The Bertz CT molecular complexity index is 1210. The summed E-state index contributed by atoms with van der Waals surface area (Å²) in [5, 5.41) is 10.8. The number of benzene rings is 3. The van der Waals surface area contributed by atoms with E-state index in [0.29, 0.717) is 17.4 Å². The summed E-state index contributed by atoms with van der Waals surface area (Å²) < 4.78 is 1.26. The van der Waals surface area contributed by atoms with Gasteiger partial charge < -0.3 is 4.90 Å². The molecule has 6 nitrogen and oxygen atoms in total. The van der Waals surface area contributed by atoms with Crippen LogP contribution in [0.5, 0.6) is 0 Å². The molecule has 0 saturated heterocycles. The van der Waals surface area contributed by atoms with Crippen LogP contribution in [-0.4, -0.2) is 32.8 Å². The third-order valence-electron chi connectivity index (χ3n) is 4.88. The second-order valence-corrected chi connectivity index (χ2v) is 6.77. The van der Waals surface area contributed by atoms with E-state index in [1.807, 2.05) is 30.3 Å². The fourth-order valence-electron chi connectivity index (χ4n) is 3.34. The van der Waals surface area contributed by atoms with Crippen LogP contribution in [0.3, 0.4) is 0 Å². The second kappa shape index (κ2) is 7.60. The van der Waals surface area contributed by atoms with E-state index in [0.717, 1.165) is 16.3 Å². The summed E-state index contributed by atoms with van der Waals surface area (Å²) in [7, 11) is 1.78. The highest BCUT2D eigenvalue weighted by Gasteiger charge is 2.13. The van der Waals surface area contributed by atoms with Gasteiger partial charge in [0.15, 0.2) is 0 Å². The molecule has 28 heavy (non-hydrogen) atoms. The van der Waals surface area contributed by atoms with Gasteiger partial charge in [0.2, 0.25) is 5.91 Å². The summed E-state index contributed by atoms with van der Waals surface area (Å²) in [6.45, 7) is 0.716. The summed E-state index contributed by atoms with van der Waals surface area (Å²) in [5.41, 5.74) is 1.43. The highest BCUT2D eigenvalue weighted by Crippen LogP contribution is 2.19. The van der Waals surface area contributed by atoms with Gasteiger partial charge in [0, 0.05) is 20.0 Å². The Morgan fingerprint density at radius 1 is 0.964 bits per heavy atom. The predicted octanol–water partition coefficient (Wildman–Crippen LogP) is 2.99. The molecule has 1 aromatic heterocycles. The zero-order valence-electron chi connectivity index (χ0n) is 15.6. The first-order valence-corrected chi connectivity index (χ1v) is 9.16. The number of carbonyl (C=O) groups excluding carboxylic acids is 1. The molecular weight excluding hydrogens is 352 g/mol. The predicted molar refractivity (Wildman–Crippen MR) is 109 cm³/mol. The average molecular weight is 372 g/mol. The topological polar surface area (TPSA) is 68.1 Å². The van der Waals surface area contributed by atoms with Crippen LogP contribution in [0.1, 0.15) is 12.0 Å². The molecule has 140 valence electrons. The lowest BCUT2D eigenvalue weighted by Crippen LogP contribution is -2.30. The highest BCUT2D eigenvalue weighted by molar-refractivity contribution is 5.86. The third-order valence-corrected chi connectivity index (χ3v) is 4.88. The van der Waals surface area contributed by atoms with Crippen molar-refractivity contribution in [2.45, 2.75) is 19.5 Å². The summed E-state index contributed by atoms with van der Waals surface area (Å²) in [6.07, 6.45) is 0.189. The number of amides is 1. The first-order valence-electron chi connectivity index (χ1n) is 9.16. The third kappa shape index (κ3) is 3.49. The number of aryl methyl sites for hydroxylation is 1. The molecule has 3 aromatic carbocycles. The number of hydrogen-bond donors (Lipinski definition) is 0. The van der Waals surface area contributed by atoms with Crippen LogP contribution >= 0.6 is 0 Å². The van der Waals surface area contributed by atoms with Gasteiger partial charge in [0.25, 0.3) is 5.56 Å². The molecule has 0 bridgehead atoms. The molecule has 0 unspecified atom stereocenters. The van der Waals surface area contributed by atoms with Crippen LogP contribution in [0.25, 0.3) is 21.7 Å². The van der Waals surface area contributed by atoms with Crippen LogP contribution in [0.4, 0.5) is 0 Å². The summed E-state index contributed by atoms with van der Waals surface area (Å²) >= 11 is 0. The minimum atomic E-state index is -0.227. The van der Waals surface area contributed by atoms with Crippen LogP contribution in [-0.2, 0) is 17.9 Å². The van der Waals surface area contributed by atoms with Crippen LogP contribution in [0.2, 0.25) is 0 Å². The van der Waals surface area contributed by atoms with Crippen LogP contribution in [0.15, 0.2) is 71.5 Å². The minimum Gasteiger partial charge on any atom is -0.341 e. The zero-order valence-corrected chi connectivity index (χ0v) is 15.6. The van der Waals surface area contributed by atoms with E-state index in [1.54, 1.807) is 30.1 Å². The molecule has 4 aromatic rings. The quantitative estimate of drug-likeness (QED) is 0.540. The molecule has 0 spiro atoms. The summed E-state index contributed by atoms with van der Waals surface area (Å²) in [4.78, 5) is 26.8. The van der Waals surface area contributed by atoms with Crippen molar-refractivity contribution in [3.05, 3.63) is 82.6 Å². The number of hydrogen-bond acceptors (Lipinski definition) is 4. The van der Waals surface area contributed by atoms with E-state index in [2.05, 4.69) is 28.5 Å². The SMILES string of the molecule is CN(Cc1cccc2ccccc12)C(=O)CCn1nnc2ccccc2c1=O. The van der Waals surface area contributed by atoms with Crippen molar-refractivity contribution in [3.63, 3.8) is 0 Å². The van der Waals surface area contributed by atoms with Gasteiger partial charge in [0.05, 0.1) is 11.9 Å². The van der Waals surface area contributed by atoms with Crippen molar-refractivity contribution in [2.75, 3.05) is 7.05 Å². The first kappa shape index (κ1) is 17.9. The molecule has 1 heterocycles. The van der Waals surface area contributed by atoms with Gasteiger partial charge in [-0.05, 0) is 28.5 Å². The monoisotopic (exact) mass is 372 g/mol. The molecule has 1 amide bonds. The normalized spacial score (nSPS) is 11.0. The Morgan fingerprint density at radius 2 is 1.68 bits per heavy atom. The van der Waals surface area contributed by atoms with Gasteiger partial charge >= 0.3 is 0 Å². The lowest BCUT2D eigenvalue weighted by Gasteiger charge is -2.18. The van der Waals surface area contributed by atoms with Gasteiger partial charge in [-0.2, -0.15) is 0 Å². The Kier molecular flexibility index (Phi) is 4.85. The van der Waals surface area contributed by atoms with E-state index < -0.39 is 0 Å². The van der Waals surface area contributed by atoms with E-state index in [9.17, 15) is 9.59 Å². The van der Waals surface area contributed by atoms with Crippen molar-refractivity contribution in [2.24, 2.45) is 0 Å². The molecule has 0 N–H and O–H groups in total. The van der Waals surface area contributed by atoms with Gasteiger partial charge in [-0.25, -0.2) is 4.68 Å². The van der Waals surface area contributed by atoms with Gasteiger partial charge in [0.1, 0.15) is 5.52 Å². The molecule has 0 aliphatic heterocycles. The van der Waals surface area contributed by atoms with Crippen LogP contribution < -0.4 is 5.56 Å². The molecule has 4 rings (SSSR count). The molecule has 0 aliphatic carbocycles. The van der Waals surface area contributed by atoms with Gasteiger partial charge in [-0.1, -0.05) is 59.8 Å². The molecule has 0 saturated carbocycles. The van der Waals surface area contributed by atoms with Crippen molar-refractivity contribution < 1.29 is 4.79 Å². The summed E-state index contributed by atoms with van der Waals surface area (Å²) in [5.74, 6) is -0.0465. The smallest absolute Gasteiger partial charge is 0.277 e. The average Bonchev–Trinajstić information content (AvgIpc) is 2.73. The van der Waals surface area contributed by atoms with Gasteiger partial charge in [-0.3, -0.25) is 9.59 Å². The van der Waals surface area contributed by atoms with Crippen molar-refractivity contribution >= 4 is 27.6 Å². The summed E-state index contributed by atoms with van der Waals surface area (Å²) in [6, 6.07) is 21.3. The number of rotatable bonds is 5. The Balaban J connectivity index is 1.46. The van der Waals surface area contributed by atoms with Crippen LogP contribution in [0, 0.1) is 0 Å². The maximum Gasteiger partial charge on any atom is 0.277 e. The highest BCUT2D eigenvalue weighted by atomic mass is 16.2. The zero-order chi connectivity index (χ0) is 19.5. The number of nitrogens with zero attached hydrogens (tertiary/aromatic N) is 4. The van der Waals surface area contributed by atoms with E-state index in [1.165, 1.54) is 4.68 Å². The molecule has 6 heteroatoms. The second-order valence-electron chi connectivity index (χ2n) is 6.77. The molecule has 0 aliphatic rings. The largest absolute Gasteiger partial charge is 0.341 e. The number of aromatic nitrogens is 3. The number of carbonyl (C=O) groups is 1. The van der Waals surface area contributed by atoms with Crippen molar-refractivity contribution in [1.29, 1.82) is 0 Å². The minimum absolute atomic E-state index is 0.0465. The molecule has 0 radical (unpaired) electrons. The van der Waals surface area contributed by atoms with E-state index in [4.69, 9.17) is 0 Å².